The number of aliphatic hydroxyl groups is 1. The van der Waals surface area contributed by atoms with E-state index < -0.39 is 6.10 Å². The van der Waals surface area contributed by atoms with Crippen LogP contribution in [-0.4, -0.2) is 29.6 Å². The first-order valence-corrected chi connectivity index (χ1v) is 4.74. The molecular formula is C9H21N3O. The van der Waals surface area contributed by atoms with E-state index in [2.05, 4.69) is 4.99 Å². The average Bonchev–Trinajstić information content (AvgIpc) is 2.02. The molecule has 0 bridgehead atoms. The van der Waals surface area contributed by atoms with E-state index in [-0.39, 0.29) is 6.04 Å². The summed E-state index contributed by atoms with van der Waals surface area (Å²) in [4.78, 5) is 4.06. The van der Waals surface area contributed by atoms with Crippen LogP contribution < -0.4 is 11.5 Å². The molecule has 78 valence electrons. The summed E-state index contributed by atoms with van der Waals surface area (Å²) in [7, 11) is 0. The van der Waals surface area contributed by atoms with Crippen molar-refractivity contribution in [2.75, 3.05) is 6.54 Å². The van der Waals surface area contributed by atoms with Gasteiger partial charge in [0.25, 0.3) is 0 Å². The molecular weight excluding hydrogens is 166 g/mol. The minimum absolute atomic E-state index is 0.108. The molecule has 0 aliphatic rings. The van der Waals surface area contributed by atoms with Crippen LogP contribution in [-0.2, 0) is 0 Å². The van der Waals surface area contributed by atoms with Crippen molar-refractivity contribution in [1.82, 2.24) is 0 Å². The van der Waals surface area contributed by atoms with Gasteiger partial charge in [0.2, 0.25) is 0 Å². The molecule has 0 rings (SSSR count). The van der Waals surface area contributed by atoms with Crippen molar-refractivity contribution in [2.24, 2.45) is 16.5 Å². The SMILES string of the molecule is CC(N)=NCCCCC(N)C(C)O. The monoisotopic (exact) mass is 187 g/mol. The van der Waals surface area contributed by atoms with Gasteiger partial charge < -0.3 is 16.6 Å². The number of unbranched alkanes of at least 4 members (excludes halogenated alkanes) is 1. The third kappa shape index (κ3) is 7.74. The number of nitrogens with zero attached hydrogens (tertiary/aromatic N) is 1. The quantitative estimate of drug-likeness (QED) is 0.316. The smallest absolute Gasteiger partial charge is 0.0905 e. The fourth-order valence-electron chi connectivity index (χ4n) is 0.988. The van der Waals surface area contributed by atoms with Gasteiger partial charge in [-0.25, -0.2) is 0 Å². The predicted molar refractivity (Wildman–Crippen MR) is 55.7 cm³/mol. The summed E-state index contributed by atoms with van der Waals surface area (Å²) in [5.74, 6) is 0.625. The van der Waals surface area contributed by atoms with Crippen LogP contribution in [0.15, 0.2) is 4.99 Å². The summed E-state index contributed by atoms with van der Waals surface area (Å²) in [5.41, 5.74) is 11.0. The lowest BCUT2D eigenvalue weighted by Gasteiger charge is -2.13. The van der Waals surface area contributed by atoms with Gasteiger partial charge in [-0.2, -0.15) is 0 Å². The molecule has 0 saturated carbocycles. The molecule has 0 spiro atoms. The largest absolute Gasteiger partial charge is 0.392 e. The maximum Gasteiger partial charge on any atom is 0.0905 e. The number of rotatable bonds is 6. The molecule has 4 nitrogen and oxygen atoms in total. The molecule has 0 radical (unpaired) electrons. The van der Waals surface area contributed by atoms with Crippen LogP contribution in [0.3, 0.4) is 0 Å². The summed E-state index contributed by atoms with van der Waals surface area (Å²) in [6, 6.07) is -0.108. The van der Waals surface area contributed by atoms with Crippen LogP contribution in [0.4, 0.5) is 0 Å². The fourth-order valence-corrected chi connectivity index (χ4v) is 0.988. The lowest BCUT2D eigenvalue weighted by atomic mass is 10.1. The first kappa shape index (κ1) is 12.4. The van der Waals surface area contributed by atoms with Gasteiger partial charge in [0.15, 0.2) is 0 Å². The first-order chi connectivity index (χ1) is 6.04. The molecule has 5 N–H and O–H groups in total. The number of hydrogen-bond donors (Lipinski definition) is 3. The van der Waals surface area contributed by atoms with Crippen molar-refractivity contribution in [3.8, 4) is 0 Å². The third-order valence-corrected chi connectivity index (χ3v) is 1.93. The van der Waals surface area contributed by atoms with Gasteiger partial charge in [0.1, 0.15) is 0 Å². The van der Waals surface area contributed by atoms with E-state index in [1.807, 2.05) is 0 Å². The lowest BCUT2D eigenvalue weighted by Crippen LogP contribution is -2.32. The van der Waals surface area contributed by atoms with Crippen molar-refractivity contribution in [2.45, 2.75) is 45.3 Å². The van der Waals surface area contributed by atoms with Gasteiger partial charge in [0.05, 0.1) is 11.9 Å². The maximum absolute atomic E-state index is 9.09. The molecule has 0 aromatic heterocycles. The Morgan fingerprint density at radius 3 is 2.54 bits per heavy atom. The van der Waals surface area contributed by atoms with E-state index in [0.29, 0.717) is 5.84 Å². The molecule has 0 fully saturated rings. The molecule has 0 aromatic rings. The molecule has 0 saturated heterocycles. The van der Waals surface area contributed by atoms with Crippen molar-refractivity contribution in [3.05, 3.63) is 0 Å². The Kier molecular flexibility index (Phi) is 6.54. The summed E-state index contributed by atoms with van der Waals surface area (Å²) >= 11 is 0. The Hall–Kier alpha value is -0.610. The van der Waals surface area contributed by atoms with Crippen molar-refractivity contribution < 1.29 is 5.11 Å². The Labute approximate surface area is 80.0 Å². The van der Waals surface area contributed by atoms with Crippen LogP contribution in [0.25, 0.3) is 0 Å². The maximum atomic E-state index is 9.09. The highest BCUT2D eigenvalue weighted by molar-refractivity contribution is 5.77. The number of aliphatic imine (C=N–C) groups is 1. The number of hydrogen-bond acceptors (Lipinski definition) is 3. The fraction of sp³-hybridized carbons (Fsp3) is 0.889. The first-order valence-electron chi connectivity index (χ1n) is 4.74. The summed E-state index contributed by atoms with van der Waals surface area (Å²) in [6.07, 6.45) is 2.40. The predicted octanol–water partition coefficient (Wildman–Crippen LogP) is 0.242. The Morgan fingerprint density at radius 1 is 1.46 bits per heavy atom. The van der Waals surface area contributed by atoms with E-state index >= 15 is 0 Å². The highest BCUT2D eigenvalue weighted by Gasteiger charge is 2.07. The Bertz CT molecular complexity index is 153. The van der Waals surface area contributed by atoms with Gasteiger partial charge in [0, 0.05) is 12.6 Å². The molecule has 0 heterocycles. The summed E-state index contributed by atoms with van der Waals surface area (Å²) < 4.78 is 0. The molecule has 2 unspecified atom stereocenters. The Morgan fingerprint density at radius 2 is 2.08 bits per heavy atom. The molecule has 0 aliphatic carbocycles. The van der Waals surface area contributed by atoms with Gasteiger partial charge in [-0.15, -0.1) is 0 Å². The molecule has 0 aliphatic heterocycles. The second-order valence-electron chi connectivity index (χ2n) is 3.42. The highest BCUT2D eigenvalue weighted by atomic mass is 16.3. The highest BCUT2D eigenvalue weighted by Crippen LogP contribution is 2.02. The molecule has 0 aromatic carbocycles. The summed E-state index contributed by atoms with van der Waals surface area (Å²) in [6.45, 7) is 4.25. The van der Waals surface area contributed by atoms with E-state index in [1.165, 1.54) is 0 Å². The van der Waals surface area contributed by atoms with Crippen molar-refractivity contribution in [3.63, 3.8) is 0 Å². The van der Waals surface area contributed by atoms with Gasteiger partial charge in [-0.05, 0) is 33.1 Å². The average molecular weight is 187 g/mol. The second kappa shape index (κ2) is 6.86. The van der Waals surface area contributed by atoms with Crippen LogP contribution in [0, 0.1) is 0 Å². The van der Waals surface area contributed by atoms with E-state index in [4.69, 9.17) is 16.6 Å². The standard InChI is InChI=1S/C9H21N3O/c1-7(13)9(11)5-3-4-6-12-8(2)10/h7,9,13H,3-6,11H2,1-2H3,(H2,10,12). The van der Waals surface area contributed by atoms with Gasteiger partial charge >= 0.3 is 0 Å². The van der Waals surface area contributed by atoms with Crippen molar-refractivity contribution >= 4 is 5.84 Å². The van der Waals surface area contributed by atoms with E-state index in [0.717, 1.165) is 25.8 Å². The third-order valence-electron chi connectivity index (χ3n) is 1.93. The topological polar surface area (TPSA) is 84.6 Å². The zero-order valence-electron chi connectivity index (χ0n) is 8.53. The van der Waals surface area contributed by atoms with E-state index in [1.54, 1.807) is 13.8 Å². The summed E-state index contributed by atoms with van der Waals surface area (Å²) in [5, 5.41) is 9.09. The van der Waals surface area contributed by atoms with Gasteiger partial charge in [-0.1, -0.05) is 0 Å². The zero-order valence-corrected chi connectivity index (χ0v) is 8.53. The van der Waals surface area contributed by atoms with Gasteiger partial charge in [-0.3, -0.25) is 4.99 Å². The molecule has 4 heteroatoms. The van der Waals surface area contributed by atoms with Crippen molar-refractivity contribution in [1.29, 1.82) is 0 Å². The second-order valence-corrected chi connectivity index (χ2v) is 3.42. The van der Waals surface area contributed by atoms with Crippen LogP contribution in [0.5, 0.6) is 0 Å². The minimum Gasteiger partial charge on any atom is -0.392 e. The Balaban J connectivity index is 3.31. The minimum atomic E-state index is -0.417. The number of aliphatic hydroxyl groups excluding tert-OH is 1. The molecule has 2 atom stereocenters. The normalized spacial score (nSPS) is 17.1. The molecule has 13 heavy (non-hydrogen) atoms. The zero-order chi connectivity index (χ0) is 10.3. The number of amidine groups is 1. The lowest BCUT2D eigenvalue weighted by molar-refractivity contribution is 0.158. The van der Waals surface area contributed by atoms with Crippen LogP contribution in [0.2, 0.25) is 0 Å². The van der Waals surface area contributed by atoms with Crippen LogP contribution in [0.1, 0.15) is 33.1 Å². The number of nitrogens with two attached hydrogens (primary N) is 2. The van der Waals surface area contributed by atoms with Crippen LogP contribution >= 0.6 is 0 Å². The van der Waals surface area contributed by atoms with E-state index in [9.17, 15) is 0 Å². The molecule has 0 amide bonds.